The number of anilines is 1. The van der Waals surface area contributed by atoms with Crippen LogP contribution in [0.5, 0.6) is 0 Å². The SMILES string of the molecule is Nc1ncnc2c1cnn2C1CCN(Cc2ccc(-c3nc4c(cc3-c3ccccc3)C(C=O)NC=C4)cc2)CC1. The molecule has 2 aliphatic heterocycles. The van der Waals surface area contributed by atoms with Gasteiger partial charge < -0.3 is 15.8 Å². The number of likely N-dealkylation sites (tertiary alicyclic amines) is 1. The Labute approximate surface area is 237 Å². The average Bonchev–Trinajstić information content (AvgIpc) is 3.47. The zero-order chi connectivity index (χ0) is 27.8. The molecule has 1 unspecified atom stereocenters. The van der Waals surface area contributed by atoms with Crippen LogP contribution in [0.1, 0.15) is 41.7 Å². The Morgan fingerprint density at radius 1 is 1.00 bits per heavy atom. The number of aldehydes is 1. The lowest BCUT2D eigenvalue weighted by Gasteiger charge is -2.32. The summed E-state index contributed by atoms with van der Waals surface area (Å²) in [4.78, 5) is 27.8. The highest BCUT2D eigenvalue weighted by Gasteiger charge is 2.24. The Balaban J connectivity index is 1.09. The first-order valence-electron chi connectivity index (χ1n) is 13.9. The Kier molecular flexibility index (Phi) is 6.48. The summed E-state index contributed by atoms with van der Waals surface area (Å²) in [5.41, 5.74) is 13.8. The van der Waals surface area contributed by atoms with E-state index in [-0.39, 0.29) is 0 Å². The molecule has 1 saturated heterocycles. The lowest BCUT2D eigenvalue weighted by atomic mass is 9.93. The molecule has 3 N–H and O–H groups in total. The smallest absolute Gasteiger partial charge is 0.163 e. The molecule has 7 rings (SSSR count). The molecule has 0 radical (unpaired) electrons. The van der Waals surface area contributed by atoms with E-state index in [2.05, 4.69) is 67.7 Å². The summed E-state index contributed by atoms with van der Waals surface area (Å²) in [5, 5.41) is 8.51. The molecule has 9 nitrogen and oxygen atoms in total. The fourth-order valence-corrected chi connectivity index (χ4v) is 5.91. The van der Waals surface area contributed by atoms with Gasteiger partial charge in [0, 0.05) is 36.3 Å². The number of pyridine rings is 1. The second kappa shape index (κ2) is 10.6. The molecule has 3 aromatic heterocycles. The molecule has 0 spiro atoms. The van der Waals surface area contributed by atoms with E-state index in [1.54, 1.807) is 12.4 Å². The van der Waals surface area contributed by atoms with Crippen molar-refractivity contribution in [1.82, 2.24) is 34.9 Å². The third-order valence-electron chi connectivity index (χ3n) is 8.11. The summed E-state index contributed by atoms with van der Waals surface area (Å²) >= 11 is 0. The van der Waals surface area contributed by atoms with Gasteiger partial charge in [0.15, 0.2) is 5.65 Å². The minimum atomic E-state index is -0.399. The lowest BCUT2D eigenvalue weighted by Crippen LogP contribution is -2.34. The van der Waals surface area contributed by atoms with Crippen molar-refractivity contribution in [3.8, 4) is 22.4 Å². The van der Waals surface area contributed by atoms with Crippen LogP contribution in [0.3, 0.4) is 0 Å². The van der Waals surface area contributed by atoms with Crippen molar-refractivity contribution in [2.45, 2.75) is 31.5 Å². The van der Waals surface area contributed by atoms with E-state index in [1.165, 1.54) is 11.9 Å². The highest BCUT2D eigenvalue weighted by Crippen LogP contribution is 2.35. The van der Waals surface area contributed by atoms with E-state index in [4.69, 9.17) is 10.7 Å². The molecule has 0 aliphatic carbocycles. The van der Waals surface area contributed by atoms with Gasteiger partial charge in [-0.05, 0) is 42.3 Å². The second-order valence-corrected chi connectivity index (χ2v) is 10.6. The molecule has 2 aromatic carbocycles. The average molecular weight is 543 g/mol. The van der Waals surface area contributed by atoms with Crippen LogP contribution in [0.2, 0.25) is 0 Å². The normalized spacial score (nSPS) is 17.3. The second-order valence-electron chi connectivity index (χ2n) is 10.6. The van der Waals surface area contributed by atoms with Crippen molar-refractivity contribution in [3.63, 3.8) is 0 Å². The predicted molar refractivity (Wildman–Crippen MR) is 159 cm³/mol. The van der Waals surface area contributed by atoms with Crippen molar-refractivity contribution >= 4 is 29.2 Å². The van der Waals surface area contributed by atoms with E-state index in [0.29, 0.717) is 11.9 Å². The number of nitrogens with one attached hydrogen (secondary N) is 1. The monoisotopic (exact) mass is 542 g/mol. The summed E-state index contributed by atoms with van der Waals surface area (Å²) in [7, 11) is 0. The minimum absolute atomic E-state index is 0.301. The number of fused-ring (bicyclic) bond motifs is 2. The largest absolute Gasteiger partial charge is 0.383 e. The van der Waals surface area contributed by atoms with Crippen LogP contribution in [-0.4, -0.2) is 49.0 Å². The zero-order valence-corrected chi connectivity index (χ0v) is 22.5. The van der Waals surface area contributed by atoms with E-state index in [9.17, 15) is 4.79 Å². The molecule has 204 valence electrons. The lowest BCUT2D eigenvalue weighted by molar-refractivity contribution is -0.109. The van der Waals surface area contributed by atoms with E-state index < -0.39 is 6.04 Å². The quantitative estimate of drug-likeness (QED) is 0.295. The molecule has 0 saturated carbocycles. The van der Waals surface area contributed by atoms with Gasteiger partial charge in [0.05, 0.1) is 29.0 Å². The summed E-state index contributed by atoms with van der Waals surface area (Å²) in [5.74, 6) is 0.474. The molecule has 5 aromatic rings. The Morgan fingerprint density at radius 3 is 2.59 bits per heavy atom. The molecule has 2 aliphatic rings. The molecule has 9 heteroatoms. The first-order chi connectivity index (χ1) is 20.2. The summed E-state index contributed by atoms with van der Waals surface area (Å²) < 4.78 is 2.01. The molecule has 1 atom stereocenters. The van der Waals surface area contributed by atoms with Crippen molar-refractivity contribution in [3.05, 3.63) is 96.2 Å². The van der Waals surface area contributed by atoms with Gasteiger partial charge in [-0.3, -0.25) is 4.90 Å². The fraction of sp³-hybridized carbons (Fsp3) is 0.219. The van der Waals surface area contributed by atoms with Gasteiger partial charge in [-0.2, -0.15) is 5.10 Å². The number of aromatic nitrogens is 5. The maximum Gasteiger partial charge on any atom is 0.163 e. The van der Waals surface area contributed by atoms with Crippen molar-refractivity contribution in [2.24, 2.45) is 0 Å². The Bertz CT molecular complexity index is 1740. The van der Waals surface area contributed by atoms with Crippen LogP contribution >= 0.6 is 0 Å². The molecule has 1 fully saturated rings. The maximum atomic E-state index is 11.7. The van der Waals surface area contributed by atoms with Crippen molar-refractivity contribution in [2.75, 3.05) is 18.8 Å². The topological polar surface area (TPSA) is 115 Å². The molecule has 41 heavy (non-hydrogen) atoms. The van der Waals surface area contributed by atoms with Crippen molar-refractivity contribution in [1.29, 1.82) is 0 Å². The number of nitrogen functional groups attached to an aromatic ring is 1. The molecule has 0 amide bonds. The van der Waals surface area contributed by atoms with E-state index >= 15 is 0 Å². The third-order valence-corrected chi connectivity index (χ3v) is 8.11. The molecular weight excluding hydrogens is 512 g/mol. The summed E-state index contributed by atoms with van der Waals surface area (Å²) in [6, 6.07) is 20.9. The van der Waals surface area contributed by atoms with Crippen LogP contribution in [0.15, 0.2) is 79.4 Å². The van der Waals surface area contributed by atoms with Gasteiger partial charge in [-0.15, -0.1) is 0 Å². The highest BCUT2D eigenvalue weighted by molar-refractivity contribution is 5.85. The number of hydrogen-bond donors (Lipinski definition) is 2. The maximum absolute atomic E-state index is 11.7. The van der Waals surface area contributed by atoms with Gasteiger partial charge >= 0.3 is 0 Å². The van der Waals surface area contributed by atoms with Crippen LogP contribution in [0.4, 0.5) is 5.82 Å². The fourth-order valence-electron chi connectivity index (χ4n) is 5.91. The molecular formula is C32H30N8O. The first kappa shape index (κ1) is 25.1. The number of rotatable bonds is 6. The number of benzene rings is 2. The van der Waals surface area contributed by atoms with Crippen LogP contribution in [0, 0.1) is 0 Å². The van der Waals surface area contributed by atoms with Crippen LogP contribution in [-0.2, 0) is 11.3 Å². The van der Waals surface area contributed by atoms with Gasteiger partial charge in [0.1, 0.15) is 24.5 Å². The van der Waals surface area contributed by atoms with Crippen LogP contribution < -0.4 is 11.1 Å². The van der Waals surface area contributed by atoms with Gasteiger partial charge in [0.2, 0.25) is 0 Å². The highest BCUT2D eigenvalue weighted by atomic mass is 16.1. The van der Waals surface area contributed by atoms with Crippen molar-refractivity contribution < 1.29 is 4.79 Å². The number of carbonyl (C=O) groups excluding carboxylic acids is 1. The van der Waals surface area contributed by atoms with Gasteiger partial charge in [0.25, 0.3) is 0 Å². The third kappa shape index (κ3) is 4.74. The Hall–Kier alpha value is -4.89. The Morgan fingerprint density at radius 2 is 1.80 bits per heavy atom. The number of nitrogens with two attached hydrogens (primary N) is 1. The van der Waals surface area contributed by atoms with E-state index in [1.807, 2.05) is 29.0 Å². The first-order valence-corrected chi connectivity index (χ1v) is 13.9. The van der Waals surface area contributed by atoms with Crippen LogP contribution in [0.25, 0.3) is 39.5 Å². The van der Waals surface area contributed by atoms with Gasteiger partial charge in [-0.1, -0.05) is 54.6 Å². The number of carbonyl (C=O) groups is 1. The zero-order valence-electron chi connectivity index (χ0n) is 22.5. The van der Waals surface area contributed by atoms with Gasteiger partial charge in [-0.25, -0.2) is 19.6 Å². The number of hydrogen-bond acceptors (Lipinski definition) is 8. The summed E-state index contributed by atoms with van der Waals surface area (Å²) in [6.07, 6.45) is 9.94. The van der Waals surface area contributed by atoms with E-state index in [0.717, 1.165) is 83.4 Å². The number of piperidine rings is 1. The predicted octanol–water partition coefficient (Wildman–Crippen LogP) is 4.79. The number of nitrogens with zero attached hydrogens (tertiary/aromatic N) is 6. The molecule has 0 bridgehead atoms. The standard InChI is InChI=1S/C32H30N8O/c33-31-27-17-37-40(32(27)36-20-35-31)24-11-14-39(15-12-24)18-21-6-8-23(9-7-21)30-25(22-4-2-1-3-5-22)16-26-28(38-30)10-13-34-29(26)19-41/h1-10,13,16-17,19-20,24,29,34H,11-12,14-15,18H2,(H2,33,35,36). The minimum Gasteiger partial charge on any atom is -0.383 e. The molecule has 5 heterocycles. The summed E-state index contributed by atoms with van der Waals surface area (Å²) in [6.45, 7) is 2.86.